The molecule has 0 unspecified atom stereocenters. The third-order valence-corrected chi connectivity index (χ3v) is 3.47. The zero-order chi connectivity index (χ0) is 15.4. The van der Waals surface area contributed by atoms with Crippen molar-refractivity contribution in [1.29, 1.82) is 0 Å². The van der Waals surface area contributed by atoms with Crippen molar-refractivity contribution in [2.24, 2.45) is 5.84 Å². The van der Waals surface area contributed by atoms with Crippen LogP contribution in [0.1, 0.15) is 13.8 Å². The Balaban J connectivity index is 2.27. The summed E-state index contributed by atoms with van der Waals surface area (Å²) in [5.41, 5.74) is 3.13. The highest BCUT2D eigenvalue weighted by Crippen LogP contribution is 2.27. The number of nitrogens with one attached hydrogen (secondary N) is 2. The first-order valence-electron chi connectivity index (χ1n) is 6.09. The van der Waals surface area contributed by atoms with Crippen molar-refractivity contribution in [3.05, 3.63) is 27.7 Å². The third kappa shape index (κ3) is 4.42. The fourth-order valence-corrected chi connectivity index (χ4v) is 1.94. The van der Waals surface area contributed by atoms with Crippen LogP contribution in [0.3, 0.4) is 0 Å². The first-order chi connectivity index (χ1) is 9.97. The summed E-state index contributed by atoms with van der Waals surface area (Å²) in [4.78, 5) is 12.3. The summed E-state index contributed by atoms with van der Waals surface area (Å²) in [5, 5.41) is 3.65. The number of aromatic nitrogens is 3. The molecule has 0 atom stereocenters. The lowest BCUT2D eigenvalue weighted by atomic mass is 10.3. The summed E-state index contributed by atoms with van der Waals surface area (Å²) in [5.74, 6) is 5.86. The molecule has 2 aromatic rings. The number of benzene rings is 1. The molecule has 112 valence electrons. The molecule has 0 bridgehead atoms. The molecule has 0 aliphatic heterocycles. The molecule has 0 saturated carbocycles. The predicted molar refractivity (Wildman–Crippen MR) is 85.8 cm³/mol. The van der Waals surface area contributed by atoms with Gasteiger partial charge in [0.2, 0.25) is 11.9 Å². The van der Waals surface area contributed by atoms with Gasteiger partial charge in [0.1, 0.15) is 0 Å². The summed E-state index contributed by atoms with van der Waals surface area (Å²) < 4.78 is 6.21. The molecule has 0 radical (unpaired) electrons. The Kier molecular flexibility index (Phi) is 5.16. The molecule has 0 fully saturated rings. The molecule has 9 heteroatoms. The summed E-state index contributed by atoms with van der Waals surface area (Å²) >= 11 is 9.30. The molecule has 0 aliphatic rings. The van der Waals surface area contributed by atoms with Crippen LogP contribution >= 0.6 is 27.5 Å². The summed E-state index contributed by atoms with van der Waals surface area (Å²) in [6, 6.07) is 5.55. The summed E-state index contributed by atoms with van der Waals surface area (Å²) in [6.45, 7) is 3.76. The molecule has 2 rings (SSSR count). The van der Waals surface area contributed by atoms with Crippen molar-refractivity contribution >= 4 is 45.1 Å². The van der Waals surface area contributed by atoms with E-state index in [-0.39, 0.29) is 18.1 Å². The number of ether oxygens (including phenoxy) is 1. The first kappa shape index (κ1) is 15.7. The van der Waals surface area contributed by atoms with Crippen LogP contribution in [0.4, 0.5) is 17.6 Å². The molecule has 1 aromatic carbocycles. The van der Waals surface area contributed by atoms with Gasteiger partial charge in [-0.15, -0.1) is 0 Å². The summed E-state index contributed by atoms with van der Waals surface area (Å²) in [7, 11) is 0. The normalized spacial score (nSPS) is 10.6. The van der Waals surface area contributed by atoms with Gasteiger partial charge in [0.15, 0.2) is 0 Å². The van der Waals surface area contributed by atoms with E-state index in [1.165, 1.54) is 0 Å². The van der Waals surface area contributed by atoms with E-state index in [2.05, 4.69) is 41.6 Å². The first-order valence-corrected chi connectivity index (χ1v) is 7.26. The third-order valence-electron chi connectivity index (χ3n) is 2.26. The quantitative estimate of drug-likeness (QED) is 0.547. The molecule has 21 heavy (non-hydrogen) atoms. The number of hydrogen-bond donors (Lipinski definition) is 3. The van der Waals surface area contributed by atoms with Crippen LogP contribution in [0.25, 0.3) is 0 Å². The number of halogens is 2. The van der Waals surface area contributed by atoms with Crippen LogP contribution in [0.5, 0.6) is 6.01 Å². The highest BCUT2D eigenvalue weighted by Gasteiger charge is 2.09. The fraction of sp³-hybridized carbons (Fsp3) is 0.250. The zero-order valence-corrected chi connectivity index (χ0v) is 13.7. The van der Waals surface area contributed by atoms with E-state index < -0.39 is 0 Å². The van der Waals surface area contributed by atoms with E-state index in [9.17, 15) is 0 Å². The van der Waals surface area contributed by atoms with Crippen LogP contribution in [0.2, 0.25) is 5.02 Å². The van der Waals surface area contributed by atoms with Crippen molar-refractivity contribution in [2.45, 2.75) is 20.0 Å². The average Bonchev–Trinajstić information content (AvgIpc) is 2.42. The molecule has 0 aliphatic carbocycles. The molecule has 4 N–H and O–H groups in total. The van der Waals surface area contributed by atoms with Crippen LogP contribution in [0.15, 0.2) is 22.7 Å². The standard InChI is InChI=1S/C12H14BrClN6O/c1-6(2)21-12-18-10(17-11(19-12)20-15)16-7-3-4-9(14)8(13)5-7/h3-6H,15H2,1-2H3,(H2,16,17,18,19,20). The van der Waals surface area contributed by atoms with Gasteiger partial charge < -0.3 is 10.1 Å². The Morgan fingerprint density at radius 2 is 1.95 bits per heavy atom. The smallest absolute Gasteiger partial charge is 0.323 e. The van der Waals surface area contributed by atoms with Crippen LogP contribution in [0, 0.1) is 0 Å². The second-order valence-corrected chi connectivity index (χ2v) is 5.59. The lowest BCUT2D eigenvalue weighted by molar-refractivity contribution is 0.222. The Morgan fingerprint density at radius 3 is 2.57 bits per heavy atom. The summed E-state index contributed by atoms with van der Waals surface area (Å²) in [6.07, 6.45) is -0.0597. The van der Waals surface area contributed by atoms with Gasteiger partial charge in [-0.2, -0.15) is 15.0 Å². The topological polar surface area (TPSA) is 98.0 Å². The molecular weight excluding hydrogens is 360 g/mol. The fourth-order valence-electron chi connectivity index (χ4n) is 1.44. The number of nitrogen functional groups attached to an aromatic ring is 1. The monoisotopic (exact) mass is 372 g/mol. The molecule has 7 nitrogen and oxygen atoms in total. The molecule has 0 amide bonds. The number of hydrogen-bond acceptors (Lipinski definition) is 7. The van der Waals surface area contributed by atoms with Gasteiger partial charge in [-0.3, -0.25) is 5.43 Å². The predicted octanol–water partition coefficient (Wildman–Crippen LogP) is 3.10. The number of rotatable bonds is 5. The number of nitrogens with zero attached hydrogens (tertiary/aromatic N) is 3. The van der Waals surface area contributed by atoms with Crippen LogP contribution in [-0.4, -0.2) is 21.1 Å². The van der Waals surface area contributed by atoms with Crippen molar-refractivity contribution in [3.8, 4) is 6.01 Å². The lowest BCUT2D eigenvalue weighted by Crippen LogP contribution is -2.15. The second kappa shape index (κ2) is 6.88. The maximum Gasteiger partial charge on any atom is 0.323 e. The van der Waals surface area contributed by atoms with E-state index >= 15 is 0 Å². The Labute approximate surface area is 135 Å². The highest BCUT2D eigenvalue weighted by atomic mass is 79.9. The van der Waals surface area contributed by atoms with Crippen LogP contribution in [-0.2, 0) is 0 Å². The van der Waals surface area contributed by atoms with Crippen molar-refractivity contribution < 1.29 is 4.74 Å². The molecule has 1 heterocycles. The SMILES string of the molecule is CC(C)Oc1nc(NN)nc(Nc2ccc(Cl)c(Br)c2)n1. The molecular formula is C12H14BrClN6O. The highest BCUT2D eigenvalue weighted by molar-refractivity contribution is 9.10. The van der Waals surface area contributed by atoms with Gasteiger partial charge in [-0.1, -0.05) is 11.6 Å². The average molecular weight is 374 g/mol. The number of hydrazine groups is 1. The van der Waals surface area contributed by atoms with Gasteiger partial charge in [0.05, 0.1) is 11.1 Å². The molecule has 0 spiro atoms. The minimum absolute atomic E-state index is 0.0597. The van der Waals surface area contributed by atoms with Crippen molar-refractivity contribution in [1.82, 2.24) is 15.0 Å². The minimum Gasteiger partial charge on any atom is -0.461 e. The van der Waals surface area contributed by atoms with Gasteiger partial charge in [-0.25, -0.2) is 5.84 Å². The number of anilines is 3. The Morgan fingerprint density at radius 1 is 1.24 bits per heavy atom. The van der Waals surface area contributed by atoms with Crippen LogP contribution < -0.4 is 21.3 Å². The van der Waals surface area contributed by atoms with E-state index in [0.29, 0.717) is 11.0 Å². The zero-order valence-electron chi connectivity index (χ0n) is 11.4. The van der Waals surface area contributed by atoms with Crippen molar-refractivity contribution in [2.75, 3.05) is 10.7 Å². The van der Waals surface area contributed by atoms with Gasteiger partial charge >= 0.3 is 6.01 Å². The van der Waals surface area contributed by atoms with Gasteiger partial charge in [-0.05, 0) is 48.0 Å². The van der Waals surface area contributed by atoms with Crippen molar-refractivity contribution in [3.63, 3.8) is 0 Å². The van der Waals surface area contributed by atoms with E-state index in [1.54, 1.807) is 12.1 Å². The maximum atomic E-state index is 5.95. The minimum atomic E-state index is -0.0597. The van der Waals surface area contributed by atoms with Gasteiger partial charge in [0, 0.05) is 10.2 Å². The number of nitrogens with two attached hydrogens (primary N) is 1. The largest absolute Gasteiger partial charge is 0.461 e. The Bertz CT molecular complexity index is 639. The van der Waals surface area contributed by atoms with Gasteiger partial charge in [0.25, 0.3) is 0 Å². The maximum absolute atomic E-state index is 5.95. The molecule has 0 saturated heterocycles. The van der Waals surface area contributed by atoms with E-state index in [4.69, 9.17) is 22.2 Å². The second-order valence-electron chi connectivity index (χ2n) is 4.33. The van der Waals surface area contributed by atoms with E-state index in [1.807, 2.05) is 19.9 Å². The Hall–Kier alpha value is -1.64. The molecule has 1 aromatic heterocycles. The van der Waals surface area contributed by atoms with E-state index in [0.717, 1.165) is 10.2 Å². The lowest BCUT2D eigenvalue weighted by Gasteiger charge is -2.11.